The highest BCUT2D eigenvalue weighted by Crippen LogP contribution is 2.35. The Kier molecular flexibility index (Phi) is 3.81. The Morgan fingerprint density at radius 2 is 1.12 bits per heavy atom. The van der Waals surface area contributed by atoms with Crippen molar-refractivity contribution in [1.82, 2.24) is 0 Å². The molecule has 0 aliphatic carbocycles. The van der Waals surface area contributed by atoms with Gasteiger partial charge >= 0.3 is 0 Å². The van der Waals surface area contributed by atoms with Crippen LogP contribution in [-0.2, 0) is 0 Å². The predicted molar refractivity (Wildman–Crippen MR) is 106 cm³/mol. The number of rotatable bonds is 2. The van der Waals surface area contributed by atoms with Crippen molar-refractivity contribution in [2.24, 2.45) is 10.2 Å². The van der Waals surface area contributed by atoms with Crippen LogP contribution in [0.2, 0.25) is 0 Å². The molecule has 0 radical (unpaired) electrons. The molecule has 2 nitrogen and oxygen atoms in total. The Morgan fingerprint density at radius 3 is 1.88 bits per heavy atom. The number of azo groups is 1. The van der Waals surface area contributed by atoms with Gasteiger partial charge in [0.15, 0.2) is 0 Å². The fraction of sp³-hybridized carbons (Fsp3) is 0.130. The van der Waals surface area contributed by atoms with Crippen molar-refractivity contribution in [3.05, 3.63) is 83.4 Å². The van der Waals surface area contributed by atoms with E-state index in [-0.39, 0.29) is 0 Å². The molecule has 25 heavy (non-hydrogen) atoms. The number of nitrogens with zero attached hydrogens (tertiary/aromatic N) is 2. The van der Waals surface area contributed by atoms with Crippen molar-refractivity contribution < 1.29 is 0 Å². The quantitative estimate of drug-likeness (QED) is 0.345. The maximum absolute atomic E-state index is 4.68. The van der Waals surface area contributed by atoms with Crippen molar-refractivity contribution in [3.8, 4) is 0 Å². The van der Waals surface area contributed by atoms with Crippen molar-refractivity contribution in [1.29, 1.82) is 0 Å². The van der Waals surface area contributed by atoms with Crippen LogP contribution in [0.25, 0.3) is 21.5 Å². The van der Waals surface area contributed by atoms with E-state index in [2.05, 4.69) is 91.7 Å². The summed E-state index contributed by atoms with van der Waals surface area (Å²) in [7, 11) is 0. The molecular weight excluding hydrogens is 304 g/mol. The van der Waals surface area contributed by atoms with Gasteiger partial charge in [0, 0.05) is 10.8 Å². The monoisotopic (exact) mass is 324 g/mol. The smallest absolute Gasteiger partial charge is 0.0964 e. The third-order valence-electron chi connectivity index (χ3n) is 4.77. The van der Waals surface area contributed by atoms with Crippen LogP contribution >= 0.6 is 0 Å². The van der Waals surface area contributed by atoms with Crippen LogP contribution in [0.1, 0.15) is 16.7 Å². The Balaban J connectivity index is 1.92. The summed E-state index contributed by atoms with van der Waals surface area (Å²) in [6.45, 7) is 6.33. The molecule has 0 aromatic heterocycles. The van der Waals surface area contributed by atoms with E-state index in [1.165, 1.54) is 16.3 Å². The number of benzene rings is 4. The van der Waals surface area contributed by atoms with E-state index < -0.39 is 0 Å². The third kappa shape index (κ3) is 2.70. The first-order valence-electron chi connectivity index (χ1n) is 8.54. The minimum Gasteiger partial charge on any atom is -0.150 e. The van der Waals surface area contributed by atoms with Crippen molar-refractivity contribution in [2.45, 2.75) is 20.8 Å². The normalized spacial score (nSPS) is 11.6. The maximum atomic E-state index is 4.68. The van der Waals surface area contributed by atoms with Gasteiger partial charge < -0.3 is 0 Å². The summed E-state index contributed by atoms with van der Waals surface area (Å²) in [6.07, 6.45) is 0. The summed E-state index contributed by atoms with van der Waals surface area (Å²) < 4.78 is 0. The highest BCUT2D eigenvalue weighted by atomic mass is 15.1. The Morgan fingerprint density at radius 1 is 0.520 bits per heavy atom. The topological polar surface area (TPSA) is 24.7 Å². The van der Waals surface area contributed by atoms with Crippen LogP contribution < -0.4 is 0 Å². The van der Waals surface area contributed by atoms with Crippen molar-refractivity contribution in [3.63, 3.8) is 0 Å². The van der Waals surface area contributed by atoms with Crippen LogP contribution in [-0.4, -0.2) is 0 Å². The van der Waals surface area contributed by atoms with Gasteiger partial charge in [0.25, 0.3) is 0 Å². The number of aryl methyl sites for hydroxylation is 3. The van der Waals surface area contributed by atoms with Crippen molar-refractivity contribution in [2.75, 3.05) is 0 Å². The van der Waals surface area contributed by atoms with Gasteiger partial charge in [-0.1, -0.05) is 66.7 Å². The lowest BCUT2D eigenvalue weighted by molar-refractivity contribution is 1.21. The first-order valence-corrected chi connectivity index (χ1v) is 8.54. The predicted octanol–water partition coefficient (Wildman–Crippen LogP) is 7.33. The van der Waals surface area contributed by atoms with E-state index in [0.29, 0.717) is 0 Å². The van der Waals surface area contributed by atoms with Gasteiger partial charge in [-0.05, 0) is 48.2 Å². The zero-order valence-corrected chi connectivity index (χ0v) is 14.7. The summed E-state index contributed by atoms with van der Waals surface area (Å²) in [5.74, 6) is 0. The molecule has 4 rings (SSSR count). The van der Waals surface area contributed by atoms with Crippen LogP contribution in [0.4, 0.5) is 11.4 Å². The Labute approximate surface area is 147 Å². The molecule has 0 saturated heterocycles. The molecule has 0 bridgehead atoms. The lowest BCUT2D eigenvalue weighted by Crippen LogP contribution is -1.84. The standard InChI is InChI=1S/C23H20N2/c1-15-12-13-18-8-4-5-10-20(18)22(15)24-25-23-17(3)14-16(2)19-9-6-7-11-21(19)23/h4-14H,1-3H3. The summed E-state index contributed by atoms with van der Waals surface area (Å²) in [4.78, 5) is 0. The molecule has 0 heterocycles. The minimum absolute atomic E-state index is 0.946. The van der Waals surface area contributed by atoms with Gasteiger partial charge in [-0.3, -0.25) is 0 Å². The van der Waals surface area contributed by atoms with E-state index in [9.17, 15) is 0 Å². The van der Waals surface area contributed by atoms with Gasteiger partial charge in [0.1, 0.15) is 0 Å². The molecule has 0 unspecified atom stereocenters. The molecule has 4 aromatic carbocycles. The lowest BCUT2D eigenvalue weighted by Gasteiger charge is -2.09. The van der Waals surface area contributed by atoms with E-state index in [1.54, 1.807) is 0 Å². The minimum atomic E-state index is 0.946. The molecule has 2 heteroatoms. The second kappa shape index (κ2) is 6.14. The third-order valence-corrected chi connectivity index (χ3v) is 4.77. The highest BCUT2D eigenvalue weighted by molar-refractivity contribution is 5.97. The number of hydrogen-bond donors (Lipinski definition) is 0. The molecule has 0 spiro atoms. The summed E-state index contributed by atoms with van der Waals surface area (Å²) >= 11 is 0. The van der Waals surface area contributed by atoms with E-state index in [1.807, 2.05) is 6.07 Å². The molecule has 0 amide bonds. The molecule has 122 valence electrons. The molecule has 0 N–H and O–H groups in total. The Bertz CT molecular complexity index is 1120. The summed E-state index contributed by atoms with van der Waals surface area (Å²) in [5, 5.41) is 14.1. The molecular formula is C23H20N2. The zero-order chi connectivity index (χ0) is 17.4. The molecule has 0 aliphatic heterocycles. The Hall–Kier alpha value is -3.00. The van der Waals surface area contributed by atoms with Gasteiger partial charge in [-0.25, -0.2) is 0 Å². The van der Waals surface area contributed by atoms with Crippen LogP contribution in [0, 0.1) is 20.8 Å². The van der Waals surface area contributed by atoms with Crippen LogP contribution in [0.3, 0.4) is 0 Å². The fourth-order valence-corrected chi connectivity index (χ4v) is 3.45. The highest BCUT2D eigenvalue weighted by Gasteiger charge is 2.08. The first-order chi connectivity index (χ1) is 12.1. The SMILES string of the molecule is Cc1ccc2ccccc2c1N=Nc1c(C)cc(C)c2ccccc12. The molecule has 0 fully saturated rings. The second-order valence-electron chi connectivity index (χ2n) is 6.56. The lowest BCUT2D eigenvalue weighted by atomic mass is 10.0. The largest absolute Gasteiger partial charge is 0.150 e. The average Bonchev–Trinajstić information content (AvgIpc) is 2.63. The second-order valence-corrected chi connectivity index (χ2v) is 6.56. The molecule has 0 atom stereocenters. The zero-order valence-electron chi connectivity index (χ0n) is 14.7. The van der Waals surface area contributed by atoms with Gasteiger partial charge in [-0.2, -0.15) is 0 Å². The van der Waals surface area contributed by atoms with E-state index >= 15 is 0 Å². The van der Waals surface area contributed by atoms with Gasteiger partial charge in [-0.15, -0.1) is 10.2 Å². The molecule has 0 aliphatic rings. The van der Waals surface area contributed by atoms with Gasteiger partial charge in [0.05, 0.1) is 11.4 Å². The fourth-order valence-electron chi connectivity index (χ4n) is 3.45. The number of hydrogen-bond acceptors (Lipinski definition) is 2. The summed E-state index contributed by atoms with van der Waals surface area (Å²) in [6, 6.07) is 23.1. The van der Waals surface area contributed by atoms with Crippen LogP contribution in [0.15, 0.2) is 77.0 Å². The maximum Gasteiger partial charge on any atom is 0.0964 e. The average molecular weight is 324 g/mol. The number of fused-ring (bicyclic) bond motifs is 2. The van der Waals surface area contributed by atoms with E-state index in [4.69, 9.17) is 0 Å². The molecule has 0 saturated carbocycles. The van der Waals surface area contributed by atoms with E-state index in [0.717, 1.165) is 33.3 Å². The van der Waals surface area contributed by atoms with Crippen molar-refractivity contribution >= 4 is 32.9 Å². The van der Waals surface area contributed by atoms with Crippen LogP contribution in [0.5, 0.6) is 0 Å². The summed E-state index contributed by atoms with van der Waals surface area (Å²) in [5.41, 5.74) is 5.46. The first kappa shape index (κ1) is 15.5. The van der Waals surface area contributed by atoms with Gasteiger partial charge in [0.2, 0.25) is 0 Å². The molecule has 4 aromatic rings.